The van der Waals surface area contributed by atoms with Crippen LogP contribution < -0.4 is 4.72 Å². The van der Waals surface area contributed by atoms with Crippen molar-refractivity contribution in [1.82, 2.24) is 0 Å². The van der Waals surface area contributed by atoms with E-state index in [1.807, 2.05) is 19.9 Å². The second kappa shape index (κ2) is 5.18. The fourth-order valence-corrected chi connectivity index (χ4v) is 2.29. The predicted octanol–water partition coefficient (Wildman–Crippen LogP) is 1.52. The van der Waals surface area contributed by atoms with E-state index in [0.717, 1.165) is 11.1 Å². The highest BCUT2D eigenvalue weighted by molar-refractivity contribution is 7.92. The monoisotopic (exact) mass is 257 g/mol. The summed E-state index contributed by atoms with van der Waals surface area (Å²) < 4.78 is 25.4. The van der Waals surface area contributed by atoms with Crippen LogP contribution in [0, 0.1) is 13.8 Å². The Hall–Kier alpha value is -1.56. The molecule has 0 radical (unpaired) electrons. The summed E-state index contributed by atoms with van der Waals surface area (Å²) in [5, 5.41) is 8.43. The average molecular weight is 257 g/mol. The van der Waals surface area contributed by atoms with Crippen LogP contribution in [0.4, 0.5) is 5.69 Å². The van der Waals surface area contributed by atoms with Gasteiger partial charge in [-0.2, -0.15) is 0 Å². The molecule has 1 aromatic carbocycles. The second-order valence-corrected chi connectivity index (χ2v) is 5.71. The van der Waals surface area contributed by atoms with Crippen LogP contribution in [0.5, 0.6) is 0 Å². The van der Waals surface area contributed by atoms with E-state index in [9.17, 15) is 13.2 Å². The Kier molecular flexibility index (Phi) is 4.11. The average Bonchev–Trinajstić information content (AvgIpc) is 2.21. The van der Waals surface area contributed by atoms with E-state index in [0.29, 0.717) is 5.69 Å². The van der Waals surface area contributed by atoms with E-state index in [-0.39, 0.29) is 0 Å². The summed E-state index contributed by atoms with van der Waals surface area (Å²) in [4.78, 5) is 10.3. The van der Waals surface area contributed by atoms with Crippen molar-refractivity contribution >= 4 is 21.7 Å². The summed E-state index contributed by atoms with van der Waals surface area (Å²) in [6.07, 6.45) is -0.403. The number of hydrogen-bond donors (Lipinski definition) is 2. The molecule has 0 amide bonds. The molecule has 0 aromatic heterocycles. The SMILES string of the molecule is Cc1ccc(NS(=O)(=O)CCC(=O)O)cc1C. The van der Waals surface area contributed by atoms with E-state index >= 15 is 0 Å². The van der Waals surface area contributed by atoms with Gasteiger partial charge >= 0.3 is 5.97 Å². The van der Waals surface area contributed by atoms with Crippen molar-refractivity contribution in [1.29, 1.82) is 0 Å². The van der Waals surface area contributed by atoms with Crippen molar-refractivity contribution in [3.63, 3.8) is 0 Å². The van der Waals surface area contributed by atoms with Gasteiger partial charge in [0.2, 0.25) is 10.0 Å². The molecular formula is C11H15NO4S. The third-order valence-electron chi connectivity index (χ3n) is 2.36. The lowest BCUT2D eigenvalue weighted by molar-refractivity contribution is -0.136. The van der Waals surface area contributed by atoms with Crippen LogP contribution >= 0.6 is 0 Å². The van der Waals surface area contributed by atoms with Gasteiger partial charge in [0.1, 0.15) is 0 Å². The Morgan fingerprint density at radius 3 is 2.47 bits per heavy atom. The van der Waals surface area contributed by atoms with E-state index in [1.165, 1.54) is 0 Å². The van der Waals surface area contributed by atoms with Crippen molar-refractivity contribution in [2.24, 2.45) is 0 Å². The topological polar surface area (TPSA) is 83.5 Å². The van der Waals surface area contributed by atoms with Gasteiger partial charge in [-0.15, -0.1) is 0 Å². The summed E-state index contributed by atoms with van der Waals surface area (Å²) in [7, 11) is -3.59. The summed E-state index contributed by atoms with van der Waals surface area (Å²) >= 11 is 0. The largest absolute Gasteiger partial charge is 0.481 e. The Bertz CT molecular complexity index is 522. The van der Waals surface area contributed by atoms with Gasteiger partial charge in [-0.25, -0.2) is 8.42 Å². The molecule has 1 rings (SSSR count). The van der Waals surface area contributed by atoms with Crippen LogP contribution in [0.2, 0.25) is 0 Å². The summed E-state index contributed by atoms with van der Waals surface area (Å²) in [5.74, 6) is -1.55. The van der Waals surface area contributed by atoms with Crippen molar-refractivity contribution in [2.75, 3.05) is 10.5 Å². The number of rotatable bonds is 5. The fourth-order valence-electron chi connectivity index (χ4n) is 1.26. The Balaban J connectivity index is 2.76. The second-order valence-electron chi connectivity index (χ2n) is 3.86. The van der Waals surface area contributed by atoms with Gasteiger partial charge in [-0.1, -0.05) is 6.07 Å². The zero-order valence-corrected chi connectivity index (χ0v) is 10.5. The number of carbonyl (C=O) groups is 1. The van der Waals surface area contributed by atoms with Gasteiger partial charge in [0.25, 0.3) is 0 Å². The molecule has 0 heterocycles. The molecule has 0 spiro atoms. The number of hydrogen-bond acceptors (Lipinski definition) is 3. The predicted molar refractivity (Wildman–Crippen MR) is 65.6 cm³/mol. The van der Waals surface area contributed by atoms with Crippen LogP contribution in [-0.4, -0.2) is 25.2 Å². The molecule has 5 nitrogen and oxygen atoms in total. The molecule has 0 aliphatic heterocycles. The highest BCUT2D eigenvalue weighted by Crippen LogP contribution is 2.15. The zero-order valence-electron chi connectivity index (χ0n) is 9.73. The van der Waals surface area contributed by atoms with Crippen molar-refractivity contribution in [3.8, 4) is 0 Å². The first kappa shape index (κ1) is 13.5. The van der Waals surface area contributed by atoms with Gasteiger partial charge in [0, 0.05) is 5.69 Å². The van der Waals surface area contributed by atoms with Crippen LogP contribution in [0.25, 0.3) is 0 Å². The highest BCUT2D eigenvalue weighted by Gasteiger charge is 2.12. The van der Waals surface area contributed by atoms with Gasteiger partial charge in [-0.05, 0) is 37.1 Å². The number of anilines is 1. The molecule has 0 bridgehead atoms. The zero-order chi connectivity index (χ0) is 13.1. The third kappa shape index (κ3) is 4.44. The van der Waals surface area contributed by atoms with Crippen molar-refractivity contribution in [3.05, 3.63) is 29.3 Å². The van der Waals surface area contributed by atoms with E-state index in [2.05, 4.69) is 4.72 Å². The lowest BCUT2D eigenvalue weighted by Crippen LogP contribution is -2.18. The van der Waals surface area contributed by atoms with E-state index in [1.54, 1.807) is 12.1 Å². The van der Waals surface area contributed by atoms with E-state index < -0.39 is 28.2 Å². The van der Waals surface area contributed by atoms with Gasteiger partial charge in [0.15, 0.2) is 0 Å². The molecule has 0 fully saturated rings. The van der Waals surface area contributed by atoms with Crippen molar-refractivity contribution in [2.45, 2.75) is 20.3 Å². The number of sulfonamides is 1. The smallest absolute Gasteiger partial charge is 0.304 e. The number of nitrogens with one attached hydrogen (secondary N) is 1. The maximum Gasteiger partial charge on any atom is 0.304 e. The first-order chi connectivity index (χ1) is 7.80. The molecule has 0 atom stereocenters. The third-order valence-corrected chi connectivity index (χ3v) is 3.65. The van der Waals surface area contributed by atoms with E-state index in [4.69, 9.17) is 5.11 Å². The number of aryl methyl sites for hydroxylation is 2. The molecule has 17 heavy (non-hydrogen) atoms. The fraction of sp³-hybridized carbons (Fsp3) is 0.364. The normalized spacial score (nSPS) is 11.2. The quantitative estimate of drug-likeness (QED) is 0.837. The van der Waals surface area contributed by atoms with Crippen LogP contribution in [-0.2, 0) is 14.8 Å². The number of carboxylic acid groups (broad SMARTS) is 1. The molecule has 94 valence electrons. The highest BCUT2D eigenvalue weighted by atomic mass is 32.2. The lowest BCUT2D eigenvalue weighted by atomic mass is 10.1. The molecular weight excluding hydrogens is 242 g/mol. The Morgan fingerprint density at radius 2 is 1.94 bits per heavy atom. The molecule has 2 N–H and O–H groups in total. The van der Waals surface area contributed by atoms with Crippen LogP contribution in [0.15, 0.2) is 18.2 Å². The summed E-state index contributed by atoms with van der Waals surface area (Å²) in [6, 6.07) is 5.18. The molecule has 0 saturated carbocycles. The minimum absolute atomic E-state index is 0.403. The molecule has 0 aliphatic carbocycles. The lowest BCUT2D eigenvalue weighted by Gasteiger charge is -2.08. The molecule has 6 heteroatoms. The van der Waals surface area contributed by atoms with Gasteiger partial charge in [0.05, 0.1) is 12.2 Å². The van der Waals surface area contributed by atoms with Crippen molar-refractivity contribution < 1.29 is 18.3 Å². The molecule has 0 aliphatic rings. The Labute approximate surface area is 101 Å². The number of aliphatic carboxylic acids is 1. The minimum Gasteiger partial charge on any atom is -0.481 e. The summed E-state index contributed by atoms with van der Waals surface area (Å²) in [5.41, 5.74) is 2.50. The number of benzene rings is 1. The maximum atomic E-state index is 11.5. The Morgan fingerprint density at radius 1 is 1.29 bits per heavy atom. The molecule has 1 aromatic rings. The van der Waals surface area contributed by atoms with Crippen LogP contribution in [0.1, 0.15) is 17.5 Å². The molecule has 0 saturated heterocycles. The first-order valence-electron chi connectivity index (χ1n) is 5.10. The van der Waals surface area contributed by atoms with Gasteiger partial charge < -0.3 is 5.11 Å². The van der Waals surface area contributed by atoms with Gasteiger partial charge in [-0.3, -0.25) is 9.52 Å². The standard InChI is InChI=1S/C11H15NO4S/c1-8-3-4-10(7-9(8)2)12-17(15,16)6-5-11(13)14/h3-4,7,12H,5-6H2,1-2H3,(H,13,14). The first-order valence-corrected chi connectivity index (χ1v) is 6.75. The molecule has 0 unspecified atom stereocenters. The maximum absolute atomic E-state index is 11.5. The number of carboxylic acids is 1. The summed E-state index contributed by atoms with van der Waals surface area (Å²) in [6.45, 7) is 3.81. The minimum atomic E-state index is -3.59. The van der Waals surface area contributed by atoms with Crippen LogP contribution in [0.3, 0.4) is 0 Å².